The Hall–Kier alpha value is -2.89. The van der Waals surface area contributed by atoms with Gasteiger partial charge in [-0.1, -0.05) is 43.2 Å². The molecule has 0 bridgehead atoms. The molecule has 5 rings (SSSR count). The molecule has 6 heteroatoms. The van der Waals surface area contributed by atoms with E-state index in [2.05, 4.69) is 16.8 Å². The van der Waals surface area contributed by atoms with Crippen molar-refractivity contribution in [1.82, 2.24) is 14.4 Å². The maximum Gasteiger partial charge on any atom is 0.233 e. The van der Waals surface area contributed by atoms with E-state index in [-0.39, 0.29) is 48.6 Å². The van der Waals surface area contributed by atoms with Crippen LogP contribution < -0.4 is 0 Å². The highest BCUT2D eigenvalue weighted by Crippen LogP contribution is 2.38. The Morgan fingerprint density at radius 1 is 0.900 bits per heavy atom. The number of carbonyl (C=O) groups is 3. The van der Waals surface area contributed by atoms with E-state index in [0.717, 1.165) is 43.5 Å². The minimum absolute atomic E-state index is 0.00762. The normalized spacial score (nSPS) is 25.9. The molecule has 1 aromatic heterocycles. The van der Waals surface area contributed by atoms with Gasteiger partial charge in [-0.2, -0.15) is 0 Å². The molecule has 156 valence electrons. The Morgan fingerprint density at radius 3 is 2.30 bits per heavy atom. The predicted octanol–water partition coefficient (Wildman–Crippen LogP) is 2.99. The number of fused-ring (bicyclic) bond motifs is 2. The van der Waals surface area contributed by atoms with Crippen molar-refractivity contribution in [2.24, 2.45) is 11.8 Å². The van der Waals surface area contributed by atoms with Gasteiger partial charge in [-0.05, 0) is 30.5 Å². The number of amides is 3. The summed E-state index contributed by atoms with van der Waals surface area (Å²) in [5.74, 6) is -0.450. The maximum absolute atomic E-state index is 13.3. The summed E-state index contributed by atoms with van der Waals surface area (Å²) in [6.45, 7) is 1.57. The average molecular weight is 405 g/mol. The number of nitrogens with zero attached hydrogens (tertiary/aromatic N) is 3. The lowest BCUT2D eigenvalue weighted by molar-refractivity contribution is -0.141. The number of likely N-dealkylation sites (tertiary alicyclic amines) is 1. The molecular formula is C24H27N3O3. The molecule has 1 saturated carbocycles. The van der Waals surface area contributed by atoms with Crippen LogP contribution in [0.1, 0.15) is 49.4 Å². The molecule has 1 aliphatic carbocycles. The number of hydrogen-bond acceptors (Lipinski definition) is 3. The highest BCUT2D eigenvalue weighted by Gasteiger charge is 2.48. The number of rotatable bonds is 4. The minimum Gasteiger partial charge on any atom is -0.348 e. The molecule has 3 amide bonds. The van der Waals surface area contributed by atoms with Crippen LogP contribution in [-0.2, 0) is 20.9 Å². The fourth-order valence-corrected chi connectivity index (χ4v) is 5.44. The Bertz CT molecular complexity index is 943. The number of benzene rings is 1. The van der Waals surface area contributed by atoms with Crippen LogP contribution in [0, 0.1) is 11.8 Å². The third kappa shape index (κ3) is 3.15. The molecule has 1 saturated heterocycles. The van der Waals surface area contributed by atoms with Crippen LogP contribution in [0.15, 0.2) is 48.7 Å². The smallest absolute Gasteiger partial charge is 0.233 e. The van der Waals surface area contributed by atoms with Gasteiger partial charge in [0.1, 0.15) is 0 Å². The second-order valence-corrected chi connectivity index (χ2v) is 8.60. The van der Waals surface area contributed by atoms with Gasteiger partial charge >= 0.3 is 0 Å². The van der Waals surface area contributed by atoms with Crippen molar-refractivity contribution in [3.63, 3.8) is 0 Å². The summed E-state index contributed by atoms with van der Waals surface area (Å²) in [6.07, 6.45) is 5.87. The molecule has 30 heavy (non-hydrogen) atoms. The van der Waals surface area contributed by atoms with E-state index in [0.29, 0.717) is 6.54 Å². The molecular weight excluding hydrogens is 378 g/mol. The first-order chi connectivity index (χ1) is 14.6. The lowest BCUT2D eigenvalue weighted by Crippen LogP contribution is -2.44. The summed E-state index contributed by atoms with van der Waals surface area (Å²) in [5.41, 5.74) is 2.17. The molecule has 3 aliphatic rings. The molecule has 0 radical (unpaired) electrons. The molecule has 2 aliphatic heterocycles. The van der Waals surface area contributed by atoms with Crippen LogP contribution in [0.4, 0.5) is 0 Å². The SMILES string of the molecule is O=C1C2CCCCC2C(=O)N1CCC(=O)N1CCn2cccc2C1c1ccccc1. The summed E-state index contributed by atoms with van der Waals surface area (Å²) < 4.78 is 2.19. The van der Waals surface area contributed by atoms with Crippen molar-refractivity contribution < 1.29 is 14.4 Å². The number of aromatic nitrogens is 1. The highest BCUT2D eigenvalue weighted by molar-refractivity contribution is 6.05. The van der Waals surface area contributed by atoms with Crippen molar-refractivity contribution in [2.45, 2.75) is 44.7 Å². The van der Waals surface area contributed by atoms with E-state index in [1.54, 1.807) is 0 Å². The van der Waals surface area contributed by atoms with E-state index < -0.39 is 0 Å². The average Bonchev–Trinajstić information content (AvgIpc) is 3.35. The first-order valence-corrected chi connectivity index (χ1v) is 11.0. The summed E-state index contributed by atoms with van der Waals surface area (Å²) in [5, 5.41) is 0. The first-order valence-electron chi connectivity index (χ1n) is 11.0. The van der Waals surface area contributed by atoms with Gasteiger partial charge < -0.3 is 9.47 Å². The maximum atomic E-state index is 13.3. The van der Waals surface area contributed by atoms with Crippen LogP contribution >= 0.6 is 0 Å². The van der Waals surface area contributed by atoms with Crippen molar-refractivity contribution in [1.29, 1.82) is 0 Å². The second kappa shape index (κ2) is 7.74. The second-order valence-electron chi connectivity index (χ2n) is 8.60. The van der Waals surface area contributed by atoms with Gasteiger partial charge in [-0.3, -0.25) is 19.3 Å². The molecule has 2 fully saturated rings. The topological polar surface area (TPSA) is 62.6 Å². The van der Waals surface area contributed by atoms with E-state index in [1.807, 2.05) is 41.3 Å². The standard InChI is InChI=1S/C24H27N3O3/c28-21(12-14-27-23(29)18-9-4-5-10-19(18)24(27)30)26-16-15-25-13-6-11-20(25)22(26)17-7-2-1-3-8-17/h1-3,6-8,11,13,18-19,22H,4-5,9-10,12,14-16H2. The van der Waals surface area contributed by atoms with Crippen LogP contribution in [0.25, 0.3) is 0 Å². The lowest BCUT2D eigenvalue weighted by atomic mass is 9.81. The summed E-state index contributed by atoms with van der Waals surface area (Å²) in [7, 11) is 0. The molecule has 1 aromatic carbocycles. The van der Waals surface area contributed by atoms with Gasteiger partial charge in [-0.25, -0.2) is 0 Å². The van der Waals surface area contributed by atoms with Crippen LogP contribution in [0.3, 0.4) is 0 Å². The zero-order valence-corrected chi connectivity index (χ0v) is 17.1. The molecule has 6 nitrogen and oxygen atoms in total. The molecule has 0 spiro atoms. The Morgan fingerprint density at radius 2 is 1.60 bits per heavy atom. The predicted molar refractivity (Wildman–Crippen MR) is 111 cm³/mol. The van der Waals surface area contributed by atoms with Gasteiger partial charge in [0.25, 0.3) is 0 Å². The number of hydrogen-bond donors (Lipinski definition) is 0. The Labute approximate surface area is 176 Å². The van der Waals surface area contributed by atoms with E-state index in [4.69, 9.17) is 0 Å². The quantitative estimate of drug-likeness (QED) is 0.735. The van der Waals surface area contributed by atoms with E-state index in [1.165, 1.54) is 4.90 Å². The minimum atomic E-state index is -0.156. The molecule has 2 aromatic rings. The molecule has 3 heterocycles. The zero-order chi connectivity index (χ0) is 20.7. The van der Waals surface area contributed by atoms with Gasteiger partial charge in [-0.15, -0.1) is 0 Å². The van der Waals surface area contributed by atoms with Crippen LogP contribution in [-0.4, -0.2) is 45.2 Å². The number of carbonyl (C=O) groups excluding carboxylic acids is 3. The lowest BCUT2D eigenvalue weighted by Gasteiger charge is -2.37. The van der Waals surface area contributed by atoms with Crippen molar-refractivity contribution in [3.8, 4) is 0 Å². The first kappa shape index (κ1) is 19.1. The third-order valence-electron chi connectivity index (χ3n) is 6.96. The van der Waals surface area contributed by atoms with Crippen LogP contribution in [0.2, 0.25) is 0 Å². The molecule has 3 unspecified atom stereocenters. The fraction of sp³-hybridized carbons (Fsp3) is 0.458. The van der Waals surface area contributed by atoms with Crippen molar-refractivity contribution >= 4 is 17.7 Å². The Balaban J connectivity index is 1.33. The summed E-state index contributed by atoms with van der Waals surface area (Å²) in [4.78, 5) is 42.0. The fourth-order valence-electron chi connectivity index (χ4n) is 5.44. The largest absolute Gasteiger partial charge is 0.348 e. The van der Waals surface area contributed by atoms with E-state index in [9.17, 15) is 14.4 Å². The zero-order valence-electron chi connectivity index (χ0n) is 17.1. The third-order valence-corrected chi connectivity index (χ3v) is 6.96. The molecule has 3 atom stereocenters. The number of imide groups is 1. The van der Waals surface area contributed by atoms with Gasteiger partial charge in [0.05, 0.1) is 17.9 Å². The van der Waals surface area contributed by atoms with Crippen LogP contribution in [0.5, 0.6) is 0 Å². The Kier molecular flexibility index (Phi) is 4.93. The van der Waals surface area contributed by atoms with Gasteiger partial charge in [0.15, 0.2) is 0 Å². The monoisotopic (exact) mass is 405 g/mol. The van der Waals surface area contributed by atoms with Crippen molar-refractivity contribution in [2.75, 3.05) is 13.1 Å². The molecule has 0 N–H and O–H groups in total. The van der Waals surface area contributed by atoms with Gasteiger partial charge in [0.2, 0.25) is 17.7 Å². The van der Waals surface area contributed by atoms with Crippen molar-refractivity contribution in [3.05, 3.63) is 59.9 Å². The van der Waals surface area contributed by atoms with E-state index >= 15 is 0 Å². The highest BCUT2D eigenvalue weighted by atomic mass is 16.2. The van der Waals surface area contributed by atoms with Gasteiger partial charge in [0, 0.05) is 37.9 Å². The summed E-state index contributed by atoms with van der Waals surface area (Å²) in [6, 6.07) is 14.0. The summed E-state index contributed by atoms with van der Waals surface area (Å²) >= 11 is 0.